The van der Waals surface area contributed by atoms with Gasteiger partial charge in [-0.2, -0.15) is 0 Å². The molecule has 3 N–H and O–H groups in total. The number of aromatic hydroxyl groups is 1. The van der Waals surface area contributed by atoms with Gasteiger partial charge in [-0.15, -0.1) is 0 Å². The van der Waals surface area contributed by atoms with Gasteiger partial charge >= 0.3 is 5.69 Å². The van der Waals surface area contributed by atoms with Crippen molar-refractivity contribution in [1.82, 2.24) is 5.32 Å². The molecule has 0 aliphatic carbocycles. The van der Waals surface area contributed by atoms with Crippen LogP contribution in [-0.2, 0) is 4.79 Å². The molecule has 0 spiro atoms. The van der Waals surface area contributed by atoms with Gasteiger partial charge in [-0.1, -0.05) is 42.5 Å². The van der Waals surface area contributed by atoms with Gasteiger partial charge in [0.1, 0.15) is 0 Å². The summed E-state index contributed by atoms with van der Waals surface area (Å²) >= 11 is 0. The normalized spacial score (nSPS) is 13.4. The largest absolute Gasteiger partial charge is 0.502 e. The summed E-state index contributed by atoms with van der Waals surface area (Å²) in [5.41, 5.74) is 0.848. The number of nitrogens with zero attached hydrogens (tertiary/aromatic N) is 1. The zero-order chi connectivity index (χ0) is 19.8. The minimum absolute atomic E-state index is 0.153. The third-order valence-corrected chi connectivity index (χ3v) is 4.11. The van der Waals surface area contributed by atoms with Gasteiger partial charge in [0.15, 0.2) is 11.5 Å². The Morgan fingerprint density at radius 1 is 1.26 bits per heavy atom. The van der Waals surface area contributed by atoms with Crippen molar-refractivity contribution in [2.75, 3.05) is 6.54 Å². The number of nitro benzene ring substituents is 1. The average molecular weight is 370 g/mol. The van der Waals surface area contributed by atoms with Crippen molar-refractivity contribution < 1.29 is 19.9 Å². The van der Waals surface area contributed by atoms with Gasteiger partial charge < -0.3 is 15.5 Å². The number of carbonyl (C=O) groups is 1. The summed E-state index contributed by atoms with van der Waals surface area (Å²) in [5, 5.41) is 33.6. The molecule has 2 aromatic carbocycles. The van der Waals surface area contributed by atoms with Crippen LogP contribution in [0.4, 0.5) is 5.69 Å². The first-order chi connectivity index (χ1) is 12.9. The lowest BCUT2D eigenvalue weighted by atomic mass is 10.0. The van der Waals surface area contributed by atoms with Gasteiger partial charge in [0.05, 0.1) is 11.0 Å². The van der Waals surface area contributed by atoms with Crippen LogP contribution in [0.2, 0.25) is 0 Å². The first-order valence-electron chi connectivity index (χ1n) is 8.53. The molecule has 0 heterocycles. The number of carbonyl (C=O) groups excluding carboxylic acids is 1. The highest BCUT2D eigenvalue weighted by Crippen LogP contribution is 2.26. The number of aliphatic hydroxyl groups excluding tert-OH is 1. The number of nitrogens with one attached hydrogen (secondary N) is 1. The molecule has 2 atom stereocenters. The molecule has 7 heteroatoms. The van der Waals surface area contributed by atoms with E-state index in [9.17, 15) is 25.1 Å². The van der Waals surface area contributed by atoms with E-state index in [0.29, 0.717) is 12.1 Å². The number of aliphatic hydroxyl groups is 1. The van der Waals surface area contributed by atoms with Crippen LogP contribution in [0.15, 0.2) is 54.6 Å². The fourth-order valence-electron chi connectivity index (χ4n) is 2.54. The fraction of sp³-hybridized carbons (Fsp3) is 0.250. The van der Waals surface area contributed by atoms with Crippen LogP contribution in [0.5, 0.6) is 5.75 Å². The predicted molar refractivity (Wildman–Crippen MR) is 102 cm³/mol. The van der Waals surface area contributed by atoms with Crippen molar-refractivity contribution >= 4 is 17.5 Å². The van der Waals surface area contributed by atoms with E-state index in [0.717, 1.165) is 5.56 Å². The Balaban J connectivity index is 1.83. The van der Waals surface area contributed by atoms with Crippen LogP contribution in [0.3, 0.4) is 0 Å². The highest BCUT2D eigenvalue weighted by atomic mass is 16.6. The maximum Gasteiger partial charge on any atom is 0.311 e. The van der Waals surface area contributed by atoms with E-state index in [2.05, 4.69) is 5.32 Å². The number of nitro groups is 1. The Kier molecular flexibility index (Phi) is 7.22. The van der Waals surface area contributed by atoms with Crippen LogP contribution in [0.1, 0.15) is 30.6 Å². The lowest BCUT2D eigenvalue weighted by Crippen LogP contribution is -2.33. The number of ketones is 1. The zero-order valence-corrected chi connectivity index (χ0v) is 14.9. The second-order valence-electron chi connectivity index (χ2n) is 6.15. The Bertz CT molecular complexity index is 820. The first kappa shape index (κ1) is 20.3. The van der Waals surface area contributed by atoms with E-state index in [1.54, 1.807) is 0 Å². The summed E-state index contributed by atoms with van der Waals surface area (Å²) in [6.07, 6.45) is 2.37. The molecule has 7 nitrogen and oxygen atoms in total. The lowest BCUT2D eigenvalue weighted by Gasteiger charge is -2.20. The predicted octanol–water partition coefficient (Wildman–Crippen LogP) is 2.98. The standard InChI is InChI=1S/C20H22N2O5/c1-14(20(25)16-5-3-2-4-6-16)21-12-11-17(23)9-7-15-8-10-19(24)18(13-15)22(26)27/h2-10,13-14,20-21,24-25H,11-12H2,1H3/b9-7+. The van der Waals surface area contributed by atoms with Crippen LogP contribution in [-0.4, -0.2) is 33.5 Å². The number of allylic oxidation sites excluding steroid dienone is 1. The number of phenols is 1. The van der Waals surface area contributed by atoms with Crippen LogP contribution >= 0.6 is 0 Å². The molecule has 0 saturated carbocycles. The third-order valence-electron chi connectivity index (χ3n) is 4.11. The fourth-order valence-corrected chi connectivity index (χ4v) is 2.54. The van der Waals surface area contributed by atoms with Crippen LogP contribution < -0.4 is 5.32 Å². The van der Waals surface area contributed by atoms with Gasteiger partial charge in [0.2, 0.25) is 0 Å². The zero-order valence-electron chi connectivity index (χ0n) is 14.9. The minimum atomic E-state index is -0.683. The van der Waals surface area contributed by atoms with Crippen molar-refractivity contribution in [3.63, 3.8) is 0 Å². The molecule has 142 valence electrons. The van der Waals surface area contributed by atoms with E-state index < -0.39 is 22.5 Å². The number of hydrogen-bond acceptors (Lipinski definition) is 6. The maximum absolute atomic E-state index is 12.0. The monoisotopic (exact) mass is 370 g/mol. The van der Waals surface area contributed by atoms with Crippen molar-refractivity contribution in [2.45, 2.75) is 25.5 Å². The number of hydrogen-bond donors (Lipinski definition) is 3. The van der Waals surface area contributed by atoms with Gasteiger partial charge in [-0.3, -0.25) is 14.9 Å². The van der Waals surface area contributed by atoms with E-state index in [1.165, 1.54) is 30.4 Å². The summed E-state index contributed by atoms with van der Waals surface area (Å²) in [4.78, 5) is 22.1. The second kappa shape index (κ2) is 9.61. The summed E-state index contributed by atoms with van der Waals surface area (Å²) in [6, 6.07) is 13.0. The van der Waals surface area contributed by atoms with E-state index in [4.69, 9.17) is 0 Å². The van der Waals surface area contributed by atoms with Gasteiger partial charge in [-0.25, -0.2) is 0 Å². The molecule has 0 aliphatic rings. The molecule has 2 aromatic rings. The van der Waals surface area contributed by atoms with Crippen molar-refractivity contribution in [1.29, 1.82) is 0 Å². The molecule has 0 amide bonds. The van der Waals surface area contributed by atoms with Crippen molar-refractivity contribution in [3.05, 3.63) is 75.8 Å². The summed E-state index contributed by atoms with van der Waals surface area (Å²) in [7, 11) is 0. The summed E-state index contributed by atoms with van der Waals surface area (Å²) in [6.45, 7) is 2.23. The van der Waals surface area contributed by atoms with Gasteiger partial charge in [-0.05, 0) is 30.2 Å². The van der Waals surface area contributed by atoms with E-state index >= 15 is 0 Å². The number of phenolic OH excluding ortho intramolecular Hbond substituents is 1. The molecule has 27 heavy (non-hydrogen) atoms. The Morgan fingerprint density at radius 2 is 1.96 bits per heavy atom. The maximum atomic E-state index is 12.0. The third kappa shape index (κ3) is 6.02. The molecular weight excluding hydrogens is 348 g/mol. The molecular formula is C20H22N2O5. The smallest absolute Gasteiger partial charge is 0.311 e. The molecule has 2 rings (SSSR count). The minimum Gasteiger partial charge on any atom is -0.502 e. The first-order valence-corrected chi connectivity index (χ1v) is 8.53. The van der Waals surface area contributed by atoms with Crippen LogP contribution in [0.25, 0.3) is 6.08 Å². The SMILES string of the molecule is CC(NCCC(=O)/C=C/c1ccc(O)c([N+](=O)[O-])c1)C(O)c1ccccc1. The highest BCUT2D eigenvalue weighted by Gasteiger charge is 2.15. The second-order valence-corrected chi connectivity index (χ2v) is 6.15. The van der Waals surface area contributed by atoms with Crippen molar-refractivity contribution in [2.24, 2.45) is 0 Å². The van der Waals surface area contributed by atoms with E-state index in [1.807, 2.05) is 37.3 Å². The van der Waals surface area contributed by atoms with Gasteiger partial charge in [0, 0.05) is 25.1 Å². The summed E-state index contributed by atoms with van der Waals surface area (Å²) in [5.74, 6) is -0.571. The summed E-state index contributed by atoms with van der Waals surface area (Å²) < 4.78 is 0. The lowest BCUT2D eigenvalue weighted by molar-refractivity contribution is -0.385. The molecule has 2 unspecified atom stereocenters. The Labute approximate surface area is 157 Å². The van der Waals surface area contributed by atoms with Gasteiger partial charge in [0.25, 0.3) is 0 Å². The molecule has 0 aliphatic heterocycles. The average Bonchev–Trinajstić information content (AvgIpc) is 2.67. The molecule has 0 radical (unpaired) electrons. The molecule has 0 fully saturated rings. The quantitative estimate of drug-likeness (QED) is 0.355. The Morgan fingerprint density at radius 3 is 2.63 bits per heavy atom. The van der Waals surface area contributed by atoms with E-state index in [-0.39, 0.29) is 18.2 Å². The highest BCUT2D eigenvalue weighted by molar-refractivity contribution is 5.93. The topological polar surface area (TPSA) is 113 Å². The number of benzene rings is 2. The molecule has 0 bridgehead atoms. The number of rotatable bonds is 9. The molecule has 0 aromatic heterocycles. The van der Waals surface area contributed by atoms with Crippen LogP contribution in [0, 0.1) is 10.1 Å². The Hall–Kier alpha value is -3.03. The van der Waals surface area contributed by atoms with Crippen molar-refractivity contribution in [3.8, 4) is 5.75 Å². The molecule has 0 saturated heterocycles.